The number of hydrogen-bond acceptors (Lipinski definition) is 2. The zero-order valence-corrected chi connectivity index (χ0v) is 14.9. The molecule has 0 aromatic heterocycles. The molecule has 0 atom stereocenters. The van der Waals surface area contributed by atoms with E-state index in [-0.39, 0.29) is 32.0 Å². The van der Waals surface area contributed by atoms with Crippen LogP contribution in [0.5, 0.6) is 0 Å². The van der Waals surface area contributed by atoms with Crippen molar-refractivity contribution < 1.29 is 13.6 Å². The van der Waals surface area contributed by atoms with E-state index in [4.69, 9.17) is 11.5 Å². The average molecular weight is 549 g/mol. The first-order chi connectivity index (χ1) is 9.79. The summed E-state index contributed by atoms with van der Waals surface area (Å²) in [6.07, 6.45) is 0. The summed E-state index contributed by atoms with van der Waals surface area (Å²) in [5.74, 6) is -0.831. The van der Waals surface area contributed by atoms with Gasteiger partial charge in [-0.25, -0.2) is 13.6 Å². The Bertz CT molecular complexity index is 655. The molecule has 2 aromatic carbocycles. The van der Waals surface area contributed by atoms with Crippen LogP contribution >= 0.6 is 45.2 Å². The number of nitrogens with one attached hydrogen (secondary N) is 1. The topological polar surface area (TPSA) is 81.1 Å². The molecular weight excluding hydrogens is 530 g/mol. The molecule has 0 heterocycles. The lowest BCUT2D eigenvalue weighted by molar-refractivity contribution is 0.259. The lowest BCUT2D eigenvalue weighted by Crippen LogP contribution is -2.19. The number of hydrogen-bond donors (Lipinski definition) is 3. The predicted octanol–water partition coefficient (Wildman–Crippen LogP) is 5.21. The number of amides is 2. The van der Waals surface area contributed by atoms with Crippen molar-refractivity contribution in [3.63, 3.8) is 0 Å². The van der Waals surface area contributed by atoms with Crippen LogP contribution in [0.2, 0.25) is 0 Å². The van der Waals surface area contributed by atoms with Crippen molar-refractivity contribution in [3.8, 4) is 0 Å². The first kappa shape index (κ1) is 24.1. The Hall–Kier alpha value is -1.17. The van der Waals surface area contributed by atoms with Crippen molar-refractivity contribution >= 4 is 62.6 Å². The maximum Gasteiger partial charge on any atom is 0.316 e. The number of carbonyl (C=O) groups is 1. The molecule has 0 fully saturated rings. The standard InChI is InChI=1S/C7H6FIN2O.C6H5FIN.2CH4/c8-5-3-4(9)1-2-6(5)11-7(10)12;7-5-3-4(8)1-2-6(5)9;;/h1-3H,(H3,10,11,12);1-3H,9H2;2*1H4. The van der Waals surface area contributed by atoms with E-state index in [1.54, 1.807) is 18.2 Å². The number of carbonyl (C=O) groups excluding carboxylic acids is 1. The second-order valence-corrected chi connectivity index (χ2v) is 6.27. The van der Waals surface area contributed by atoms with E-state index in [2.05, 4.69) is 5.32 Å². The highest BCUT2D eigenvalue weighted by Crippen LogP contribution is 2.16. The summed E-state index contributed by atoms with van der Waals surface area (Å²) in [6.45, 7) is 0. The van der Waals surface area contributed by atoms with Crippen molar-refractivity contribution in [2.24, 2.45) is 5.73 Å². The van der Waals surface area contributed by atoms with Gasteiger partial charge in [0.2, 0.25) is 0 Å². The molecule has 0 aliphatic rings. The van der Waals surface area contributed by atoms with Crippen molar-refractivity contribution in [1.82, 2.24) is 0 Å². The van der Waals surface area contributed by atoms with Gasteiger partial charge in [0, 0.05) is 7.14 Å². The molecule has 0 bridgehead atoms. The van der Waals surface area contributed by atoms with Crippen molar-refractivity contribution in [3.05, 3.63) is 55.2 Å². The number of halogens is 4. The second kappa shape index (κ2) is 11.4. The summed E-state index contributed by atoms with van der Waals surface area (Å²) in [5, 5.41) is 2.16. The van der Waals surface area contributed by atoms with Gasteiger partial charge in [-0.3, -0.25) is 0 Å². The molecule has 0 aliphatic carbocycles. The minimum absolute atomic E-state index is 0. The molecule has 0 saturated heterocycles. The monoisotopic (exact) mass is 549 g/mol. The Labute approximate surface area is 162 Å². The van der Waals surface area contributed by atoms with Gasteiger partial charge in [0.15, 0.2) is 0 Å². The zero-order valence-electron chi connectivity index (χ0n) is 10.5. The smallest absolute Gasteiger partial charge is 0.316 e. The summed E-state index contributed by atoms with van der Waals surface area (Å²) < 4.78 is 27.0. The average Bonchev–Trinajstić information content (AvgIpc) is 2.38. The van der Waals surface area contributed by atoms with Gasteiger partial charge in [0.05, 0.1) is 11.4 Å². The van der Waals surface area contributed by atoms with Crippen molar-refractivity contribution in [2.45, 2.75) is 14.9 Å². The number of nitrogens with two attached hydrogens (primary N) is 2. The number of anilines is 2. The molecular formula is C15H19F2I2N3O. The quantitative estimate of drug-likeness (QED) is 0.338. The summed E-state index contributed by atoms with van der Waals surface area (Å²) in [6, 6.07) is 8.39. The van der Waals surface area contributed by atoms with Gasteiger partial charge in [0.25, 0.3) is 0 Å². The van der Waals surface area contributed by atoms with Crippen LogP contribution in [0.4, 0.5) is 25.0 Å². The fourth-order valence-corrected chi connectivity index (χ4v) is 2.13. The first-order valence-corrected chi connectivity index (χ1v) is 7.67. The van der Waals surface area contributed by atoms with E-state index in [9.17, 15) is 13.6 Å². The molecule has 0 saturated carbocycles. The van der Waals surface area contributed by atoms with Crippen molar-refractivity contribution in [2.75, 3.05) is 11.1 Å². The van der Waals surface area contributed by atoms with Gasteiger partial charge in [-0.2, -0.15) is 0 Å². The van der Waals surface area contributed by atoms with Gasteiger partial charge in [0.1, 0.15) is 11.6 Å². The number of urea groups is 1. The summed E-state index contributed by atoms with van der Waals surface area (Å²) in [4.78, 5) is 10.3. The van der Waals surface area contributed by atoms with E-state index in [0.29, 0.717) is 0 Å². The van der Waals surface area contributed by atoms with Crippen molar-refractivity contribution in [1.29, 1.82) is 0 Å². The van der Waals surface area contributed by atoms with E-state index in [1.807, 2.05) is 45.2 Å². The minimum Gasteiger partial charge on any atom is -0.396 e. The van der Waals surface area contributed by atoms with Crippen LogP contribution in [0.1, 0.15) is 14.9 Å². The molecule has 0 spiro atoms. The molecule has 4 nitrogen and oxygen atoms in total. The third kappa shape index (κ3) is 8.89. The maximum absolute atomic E-state index is 12.9. The second-order valence-electron chi connectivity index (χ2n) is 3.78. The van der Waals surface area contributed by atoms with E-state index >= 15 is 0 Å². The number of nitrogen functional groups attached to an aromatic ring is 1. The number of rotatable bonds is 1. The van der Waals surface area contributed by atoms with Gasteiger partial charge < -0.3 is 16.8 Å². The van der Waals surface area contributed by atoms with E-state index in [1.165, 1.54) is 18.2 Å². The lowest BCUT2D eigenvalue weighted by Gasteiger charge is -2.02. The molecule has 2 amide bonds. The van der Waals surface area contributed by atoms with Crippen LogP contribution in [0.15, 0.2) is 36.4 Å². The number of benzene rings is 2. The van der Waals surface area contributed by atoms with Gasteiger partial charge in [-0.05, 0) is 81.6 Å². The molecule has 128 valence electrons. The third-order valence-corrected chi connectivity index (χ3v) is 3.49. The zero-order chi connectivity index (χ0) is 16.0. The molecule has 23 heavy (non-hydrogen) atoms. The molecule has 0 radical (unpaired) electrons. The lowest BCUT2D eigenvalue weighted by atomic mass is 10.3. The summed E-state index contributed by atoms with van der Waals surface area (Å²) in [5.41, 5.74) is 10.3. The fraction of sp³-hybridized carbons (Fsp3) is 0.133. The molecule has 0 unspecified atom stereocenters. The van der Waals surface area contributed by atoms with Crippen LogP contribution in [-0.2, 0) is 0 Å². The van der Waals surface area contributed by atoms with Gasteiger partial charge in [-0.1, -0.05) is 14.9 Å². The molecule has 2 aromatic rings. The molecule has 5 N–H and O–H groups in total. The molecule has 8 heteroatoms. The Morgan fingerprint density at radius 2 is 1.43 bits per heavy atom. The maximum atomic E-state index is 12.9. The first-order valence-electron chi connectivity index (χ1n) is 5.51. The van der Waals surface area contributed by atoms with Crippen LogP contribution in [0.3, 0.4) is 0 Å². The van der Waals surface area contributed by atoms with Crippen LogP contribution in [0, 0.1) is 18.8 Å². The Morgan fingerprint density at radius 1 is 0.957 bits per heavy atom. The fourth-order valence-electron chi connectivity index (χ4n) is 1.23. The third-order valence-electron chi connectivity index (χ3n) is 2.15. The summed E-state index contributed by atoms with van der Waals surface area (Å²) >= 11 is 4.00. The SMILES string of the molecule is C.C.NC(=O)Nc1ccc(I)cc1F.Nc1ccc(I)cc1F. The largest absolute Gasteiger partial charge is 0.396 e. The molecule has 0 aliphatic heterocycles. The van der Waals surface area contributed by atoms with Gasteiger partial charge in [-0.15, -0.1) is 0 Å². The van der Waals surface area contributed by atoms with E-state index in [0.717, 1.165) is 7.14 Å². The Morgan fingerprint density at radius 3 is 1.83 bits per heavy atom. The Balaban J connectivity index is 0. The molecule has 2 rings (SSSR count). The highest BCUT2D eigenvalue weighted by atomic mass is 127. The van der Waals surface area contributed by atoms with E-state index < -0.39 is 11.8 Å². The van der Waals surface area contributed by atoms with Gasteiger partial charge >= 0.3 is 6.03 Å². The summed E-state index contributed by atoms with van der Waals surface area (Å²) in [7, 11) is 0. The van der Waals surface area contributed by atoms with Crippen LogP contribution in [0.25, 0.3) is 0 Å². The minimum atomic E-state index is -0.768. The predicted molar refractivity (Wildman–Crippen MR) is 109 cm³/mol. The highest BCUT2D eigenvalue weighted by molar-refractivity contribution is 14.1. The van der Waals surface area contributed by atoms with Crippen LogP contribution < -0.4 is 16.8 Å². The van der Waals surface area contributed by atoms with Crippen LogP contribution in [-0.4, -0.2) is 6.03 Å². The normalized spacial score (nSPS) is 8.70. The Kier molecular flexibility index (Phi) is 11.9. The highest BCUT2D eigenvalue weighted by Gasteiger charge is 2.03. The number of primary amides is 1.